The van der Waals surface area contributed by atoms with E-state index in [4.69, 9.17) is 10.3 Å². The molecule has 0 amide bonds. The number of aliphatic hydroxyl groups is 1. The first kappa shape index (κ1) is 9.79. The summed E-state index contributed by atoms with van der Waals surface area (Å²) < 4.78 is 9.27. The van der Waals surface area contributed by atoms with Crippen LogP contribution in [0.15, 0.2) is 5.11 Å². The number of aliphatic hydroxyl groups excluding tert-OH is 1. The lowest BCUT2D eigenvalue weighted by molar-refractivity contribution is -0.155. The highest BCUT2D eigenvalue weighted by atomic mass is 16.6. The van der Waals surface area contributed by atoms with Crippen LogP contribution in [0.1, 0.15) is 0 Å². The Morgan fingerprint density at radius 3 is 3.08 bits per heavy atom. The number of hydrogen-bond donors (Lipinski definition) is 1. The second-order valence-corrected chi connectivity index (χ2v) is 2.54. The summed E-state index contributed by atoms with van der Waals surface area (Å²) in [6, 6.07) is -0.714. The van der Waals surface area contributed by atoms with Gasteiger partial charge in [-0.05, 0) is 5.53 Å². The van der Waals surface area contributed by atoms with E-state index in [1.54, 1.807) is 0 Å². The Labute approximate surface area is 73.9 Å². The van der Waals surface area contributed by atoms with Crippen molar-refractivity contribution in [1.82, 2.24) is 0 Å². The third-order valence-electron chi connectivity index (χ3n) is 1.78. The Morgan fingerprint density at radius 2 is 2.54 bits per heavy atom. The van der Waals surface area contributed by atoms with Gasteiger partial charge in [0.1, 0.15) is 6.10 Å². The summed E-state index contributed by atoms with van der Waals surface area (Å²) >= 11 is 0. The molecule has 0 radical (unpaired) electrons. The maximum atomic E-state index is 10.9. The summed E-state index contributed by atoms with van der Waals surface area (Å²) in [5.41, 5.74) is 8.10. The van der Waals surface area contributed by atoms with Crippen LogP contribution < -0.4 is 0 Å². The predicted molar refractivity (Wildman–Crippen MR) is 40.7 cm³/mol. The lowest BCUT2D eigenvalue weighted by Crippen LogP contribution is -2.35. The zero-order chi connectivity index (χ0) is 9.84. The van der Waals surface area contributed by atoms with E-state index in [1.807, 2.05) is 0 Å². The summed E-state index contributed by atoms with van der Waals surface area (Å²) in [6.45, 7) is 0.0327. The van der Waals surface area contributed by atoms with Gasteiger partial charge in [-0.3, -0.25) is 0 Å². The molecule has 0 aromatic carbocycles. The molecule has 7 nitrogen and oxygen atoms in total. The summed E-state index contributed by atoms with van der Waals surface area (Å²) in [5.74, 6) is -0.664. The molecule has 1 saturated heterocycles. The van der Waals surface area contributed by atoms with Gasteiger partial charge in [0.15, 0.2) is 6.10 Å². The molecule has 0 aromatic rings. The van der Waals surface area contributed by atoms with E-state index in [2.05, 4.69) is 14.8 Å². The van der Waals surface area contributed by atoms with Gasteiger partial charge in [-0.1, -0.05) is 5.11 Å². The topological polar surface area (TPSA) is 105 Å². The zero-order valence-corrected chi connectivity index (χ0v) is 6.95. The molecule has 0 aliphatic carbocycles. The number of esters is 1. The minimum atomic E-state index is -1.12. The van der Waals surface area contributed by atoms with Gasteiger partial charge in [-0.15, -0.1) is 0 Å². The third-order valence-corrected chi connectivity index (χ3v) is 1.78. The molecule has 1 aliphatic heterocycles. The minimum Gasteiger partial charge on any atom is -0.467 e. The average Bonchev–Trinajstić information content (AvgIpc) is 2.48. The smallest absolute Gasteiger partial charge is 0.337 e. The number of azide groups is 1. The second kappa shape index (κ2) is 4.08. The van der Waals surface area contributed by atoms with Crippen LogP contribution in [0.3, 0.4) is 0 Å². The van der Waals surface area contributed by atoms with E-state index in [1.165, 1.54) is 7.11 Å². The molecule has 3 unspecified atom stereocenters. The van der Waals surface area contributed by atoms with Gasteiger partial charge in [0.25, 0.3) is 0 Å². The second-order valence-electron chi connectivity index (χ2n) is 2.54. The molecule has 13 heavy (non-hydrogen) atoms. The molecule has 1 heterocycles. The average molecular weight is 187 g/mol. The molecule has 72 valence electrons. The minimum absolute atomic E-state index is 0.0327. The maximum absolute atomic E-state index is 10.9. The Morgan fingerprint density at radius 1 is 1.85 bits per heavy atom. The van der Waals surface area contributed by atoms with E-state index < -0.39 is 24.2 Å². The quantitative estimate of drug-likeness (QED) is 0.275. The Balaban J connectivity index is 2.64. The number of rotatable bonds is 2. The first-order valence-corrected chi connectivity index (χ1v) is 3.62. The van der Waals surface area contributed by atoms with Crippen molar-refractivity contribution >= 4 is 5.97 Å². The fraction of sp³-hybridized carbons (Fsp3) is 0.833. The molecule has 1 fully saturated rings. The van der Waals surface area contributed by atoms with Crippen molar-refractivity contribution in [1.29, 1.82) is 0 Å². The SMILES string of the molecule is COC(=O)C1OCC(N=[N+]=[N-])C1O. The van der Waals surface area contributed by atoms with Gasteiger partial charge in [0.2, 0.25) is 0 Å². The van der Waals surface area contributed by atoms with E-state index in [9.17, 15) is 9.90 Å². The first-order valence-electron chi connectivity index (χ1n) is 3.62. The number of carbonyl (C=O) groups excluding carboxylic acids is 1. The molecule has 1 aliphatic rings. The molecule has 1 rings (SSSR count). The molecular weight excluding hydrogens is 178 g/mol. The Bertz CT molecular complexity index is 250. The maximum Gasteiger partial charge on any atom is 0.337 e. The molecule has 0 bridgehead atoms. The standard InChI is InChI=1S/C6H9N3O4/c1-12-6(11)5-4(10)3(2-13-5)8-9-7/h3-5,10H,2H2,1H3. The normalized spacial score (nSPS) is 32.3. The number of hydrogen-bond acceptors (Lipinski definition) is 5. The largest absolute Gasteiger partial charge is 0.467 e. The van der Waals surface area contributed by atoms with Crippen molar-refractivity contribution in [2.45, 2.75) is 18.2 Å². The molecule has 7 heteroatoms. The van der Waals surface area contributed by atoms with Crippen LogP contribution in [-0.4, -0.2) is 43.0 Å². The van der Waals surface area contributed by atoms with Crippen molar-refractivity contribution in [3.05, 3.63) is 10.4 Å². The van der Waals surface area contributed by atoms with Crippen LogP contribution in [0.25, 0.3) is 10.4 Å². The van der Waals surface area contributed by atoms with Crippen LogP contribution in [0, 0.1) is 0 Å². The highest BCUT2D eigenvalue weighted by molar-refractivity contribution is 5.75. The van der Waals surface area contributed by atoms with Crippen molar-refractivity contribution in [2.75, 3.05) is 13.7 Å². The van der Waals surface area contributed by atoms with Gasteiger partial charge in [-0.2, -0.15) is 0 Å². The van der Waals surface area contributed by atoms with E-state index in [0.29, 0.717) is 0 Å². The Hall–Kier alpha value is -1.30. The van der Waals surface area contributed by atoms with Crippen LogP contribution in [0.4, 0.5) is 0 Å². The monoisotopic (exact) mass is 187 g/mol. The van der Waals surface area contributed by atoms with Crippen molar-refractivity contribution in [2.24, 2.45) is 5.11 Å². The highest BCUT2D eigenvalue weighted by Crippen LogP contribution is 2.18. The lowest BCUT2D eigenvalue weighted by atomic mass is 10.1. The van der Waals surface area contributed by atoms with Gasteiger partial charge >= 0.3 is 5.97 Å². The predicted octanol–water partition coefficient (Wildman–Crippen LogP) is -0.402. The van der Waals surface area contributed by atoms with Gasteiger partial charge in [0.05, 0.1) is 19.8 Å². The van der Waals surface area contributed by atoms with E-state index in [0.717, 1.165) is 0 Å². The van der Waals surface area contributed by atoms with Crippen LogP contribution >= 0.6 is 0 Å². The number of ether oxygens (including phenoxy) is 2. The Kier molecular flexibility index (Phi) is 3.07. The van der Waals surface area contributed by atoms with Crippen molar-refractivity contribution < 1.29 is 19.4 Å². The first-order chi connectivity index (χ1) is 6.20. The van der Waals surface area contributed by atoms with Gasteiger partial charge in [0, 0.05) is 4.91 Å². The lowest BCUT2D eigenvalue weighted by Gasteiger charge is -2.11. The number of nitrogens with zero attached hydrogens (tertiary/aromatic N) is 3. The summed E-state index contributed by atoms with van der Waals surface area (Å²) in [4.78, 5) is 13.5. The van der Waals surface area contributed by atoms with Gasteiger partial charge in [-0.25, -0.2) is 4.79 Å². The molecule has 3 atom stereocenters. The molecule has 0 spiro atoms. The summed E-state index contributed by atoms with van der Waals surface area (Å²) in [6.07, 6.45) is -2.16. The summed E-state index contributed by atoms with van der Waals surface area (Å²) in [5, 5.41) is 12.7. The molecule has 0 aromatic heterocycles. The molecule has 0 saturated carbocycles. The zero-order valence-electron chi connectivity index (χ0n) is 6.95. The number of carbonyl (C=O) groups is 1. The fourth-order valence-corrected chi connectivity index (χ4v) is 1.09. The molecule has 1 N–H and O–H groups in total. The number of methoxy groups -OCH3 is 1. The van der Waals surface area contributed by atoms with Crippen molar-refractivity contribution in [3.63, 3.8) is 0 Å². The van der Waals surface area contributed by atoms with Crippen LogP contribution in [0.2, 0.25) is 0 Å². The van der Waals surface area contributed by atoms with E-state index in [-0.39, 0.29) is 6.61 Å². The van der Waals surface area contributed by atoms with Crippen molar-refractivity contribution in [3.8, 4) is 0 Å². The van der Waals surface area contributed by atoms with Gasteiger partial charge < -0.3 is 14.6 Å². The van der Waals surface area contributed by atoms with Crippen LogP contribution in [-0.2, 0) is 14.3 Å². The third kappa shape index (κ3) is 1.89. The molecular formula is C6H9N3O4. The van der Waals surface area contributed by atoms with E-state index >= 15 is 0 Å². The summed E-state index contributed by atoms with van der Waals surface area (Å²) in [7, 11) is 1.19. The highest BCUT2D eigenvalue weighted by Gasteiger charge is 2.40. The van der Waals surface area contributed by atoms with Crippen LogP contribution in [0.5, 0.6) is 0 Å². The fourth-order valence-electron chi connectivity index (χ4n) is 1.09.